The van der Waals surface area contributed by atoms with E-state index < -0.39 is 0 Å². The predicted octanol–water partition coefficient (Wildman–Crippen LogP) is 1.40. The highest BCUT2D eigenvalue weighted by molar-refractivity contribution is 5.17. The Morgan fingerprint density at radius 3 is 2.83 bits per heavy atom. The second-order valence-corrected chi connectivity index (χ2v) is 6.20. The lowest BCUT2D eigenvalue weighted by molar-refractivity contribution is 0.305. The summed E-state index contributed by atoms with van der Waals surface area (Å²) in [5.74, 6) is 0. The Hall–Kier alpha value is -0.870. The molecule has 1 N–H and O–H groups in total. The summed E-state index contributed by atoms with van der Waals surface area (Å²) in [5, 5.41) is 3.46. The third-order valence-corrected chi connectivity index (χ3v) is 4.75. The lowest BCUT2D eigenvalue weighted by Gasteiger charge is -2.35. The zero-order chi connectivity index (χ0) is 12.6. The summed E-state index contributed by atoms with van der Waals surface area (Å²) in [4.78, 5) is 6.85. The highest BCUT2D eigenvalue weighted by atomic mass is 15.2. The maximum atomic E-state index is 4.44. The van der Waals surface area contributed by atoms with Crippen molar-refractivity contribution in [3.8, 4) is 0 Å². The Bertz CT molecular complexity index is 406. The molecule has 1 unspecified atom stereocenters. The second kappa shape index (κ2) is 4.67. The third-order valence-electron chi connectivity index (χ3n) is 4.75. The van der Waals surface area contributed by atoms with Gasteiger partial charge in [0.1, 0.15) is 0 Å². The van der Waals surface area contributed by atoms with Crippen molar-refractivity contribution in [1.29, 1.82) is 0 Å². The fourth-order valence-electron chi connectivity index (χ4n) is 3.44. The Morgan fingerprint density at radius 1 is 1.39 bits per heavy atom. The normalized spacial score (nSPS) is 28.7. The smallest absolute Gasteiger partial charge is 0.0951 e. The van der Waals surface area contributed by atoms with Gasteiger partial charge in [0.15, 0.2) is 0 Å². The molecule has 1 aromatic rings. The van der Waals surface area contributed by atoms with E-state index in [-0.39, 0.29) is 0 Å². The quantitative estimate of drug-likeness (QED) is 0.859. The Morgan fingerprint density at radius 2 is 2.17 bits per heavy atom. The molecule has 2 saturated heterocycles. The van der Waals surface area contributed by atoms with E-state index in [0.717, 1.165) is 19.6 Å². The molecule has 4 nitrogen and oxygen atoms in total. The molecule has 1 atom stereocenters. The van der Waals surface area contributed by atoms with Crippen LogP contribution in [0.25, 0.3) is 0 Å². The van der Waals surface area contributed by atoms with E-state index in [1.54, 1.807) is 0 Å². The topological polar surface area (TPSA) is 33.1 Å². The average Bonchev–Trinajstić information content (AvgIpc) is 2.98. The van der Waals surface area contributed by atoms with E-state index >= 15 is 0 Å². The first-order chi connectivity index (χ1) is 8.69. The summed E-state index contributed by atoms with van der Waals surface area (Å²) in [6, 6.07) is 0.624. The number of nitrogens with zero attached hydrogens (tertiary/aromatic N) is 3. The van der Waals surface area contributed by atoms with Gasteiger partial charge < -0.3 is 14.8 Å². The Labute approximate surface area is 109 Å². The molecule has 100 valence electrons. The van der Waals surface area contributed by atoms with Gasteiger partial charge in [0.2, 0.25) is 0 Å². The van der Waals surface area contributed by atoms with Crippen LogP contribution in [0.3, 0.4) is 0 Å². The number of rotatable bonds is 2. The molecular weight excluding hydrogens is 224 g/mol. The van der Waals surface area contributed by atoms with Crippen molar-refractivity contribution in [3.05, 3.63) is 18.2 Å². The van der Waals surface area contributed by atoms with Crippen molar-refractivity contribution in [2.75, 3.05) is 33.2 Å². The molecule has 2 aliphatic heterocycles. The lowest BCUT2D eigenvalue weighted by atomic mass is 9.78. The first-order valence-corrected chi connectivity index (χ1v) is 7.11. The van der Waals surface area contributed by atoms with Crippen LogP contribution in [-0.4, -0.2) is 47.7 Å². The number of aromatic nitrogens is 2. The minimum atomic E-state index is 0.308. The summed E-state index contributed by atoms with van der Waals surface area (Å²) in [6.45, 7) is 7.04. The largest absolute Gasteiger partial charge is 0.330 e. The van der Waals surface area contributed by atoms with E-state index in [1.165, 1.54) is 31.5 Å². The standard InChI is InChI=1S/C14H24N4/c1-14(4-6-15-7-5-14)13-9-16-11-18(13)12-3-8-17(2)10-12/h9,11-12,15H,3-8,10H2,1-2H3. The maximum absolute atomic E-state index is 4.44. The number of likely N-dealkylation sites (N-methyl/N-ethyl adjacent to an activating group) is 1. The Kier molecular flexibility index (Phi) is 3.16. The van der Waals surface area contributed by atoms with Gasteiger partial charge in [-0.2, -0.15) is 0 Å². The summed E-state index contributed by atoms with van der Waals surface area (Å²) in [5.41, 5.74) is 1.76. The molecule has 0 bridgehead atoms. The predicted molar refractivity (Wildman–Crippen MR) is 72.8 cm³/mol. The van der Waals surface area contributed by atoms with Crippen LogP contribution < -0.4 is 5.32 Å². The highest BCUT2D eigenvalue weighted by Crippen LogP contribution is 2.35. The van der Waals surface area contributed by atoms with Gasteiger partial charge in [-0.1, -0.05) is 6.92 Å². The van der Waals surface area contributed by atoms with Crippen LogP contribution in [0, 0.1) is 0 Å². The molecule has 3 heterocycles. The van der Waals surface area contributed by atoms with Crippen molar-refractivity contribution in [2.24, 2.45) is 0 Å². The number of likely N-dealkylation sites (tertiary alicyclic amines) is 1. The van der Waals surface area contributed by atoms with Crippen molar-refractivity contribution in [3.63, 3.8) is 0 Å². The summed E-state index contributed by atoms with van der Waals surface area (Å²) in [6.07, 6.45) is 7.85. The van der Waals surface area contributed by atoms with Crippen LogP contribution in [0.1, 0.15) is 37.9 Å². The maximum Gasteiger partial charge on any atom is 0.0951 e. The molecule has 2 aliphatic rings. The zero-order valence-electron chi connectivity index (χ0n) is 11.5. The molecule has 1 aromatic heterocycles. The van der Waals surface area contributed by atoms with E-state index in [2.05, 4.69) is 39.9 Å². The molecule has 0 aliphatic carbocycles. The van der Waals surface area contributed by atoms with Crippen molar-refractivity contribution in [1.82, 2.24) is 19.8 Å². The fraction of sp³-hybridized carbons (Fsp3) is 0.786. The first kappa shape index (κ1) is 12.2. The number of imidazole rings is 1. The minimum Gasteiger partial charge on any atom is -0.330 e. The molecule has 0 saturated carbocycles. The Balaban J connectivity index is 1.86. The van der Waals surface area contributed by atoms with Gasteiger partial charge in [0.25, 0.3) is 0 Å². The molecule has 4 heteroatoms. The number of hydrogen-bond donors (Lipinski definition) is 1. The van der Waals surface area contributed by atoms with E-state index in [4.69, 9.17) is 0 Å². The molecule has 3 rings (SSSR count). The van der Waals surface area contributed by atoms with Crippen molar-refractivity contribution < 1.29 is 0 Å². The minimum absolute atomic E-state index is 0.308. The SMILES string of the molecule is CN1CCC(n2cncc2C2(C)CCNCC2)C1. The zero-order valence-corrected chi connectivity index (χ0v) is 11.5. The van der Waals surface area contributed by atoms with Gasteiger partial charge in [-0.05, 0) is 45.9 Å². The van der Waals surface area contributed by atoms with Crippen LogP contribution in [0.2, 0.25) is 0 Å². The molecule has 0 amide bonds. The van der Waals surface area contributed by atoms with Crippen LogP contribution in [-0.2, 0) is 5.41 Å². The van der Waals surface area contributed by atoms with E-state index in [0.29, 0.717) is 11.5 Å². The van der Waals surface area contributed by atoms with Gasteiger partial charge in [-0.3, -0.25) is 0 Å². The molecule has 18 heavy (non-hydrogen) atoms. The number of piperidine rings is 1. The van der Waals surface area contributed by atoms with Gasteiger partial charge >= 0.3 is 0 Å². The van der Waals surface area contributed by atoms with Gasteiger partial charge in [-0.25, -0.2) is 4.98 Å². The summed E-state index contributed by atoms with van der Waals surface area (Å²) in [7, 11) is 2.21. The second-order valence-electron chi connectivity index (χ2n) is 6.20. The molecular formula is C14H24N4. The van der Waals surface area contributed by atoms with Crippen LogP contribution in [0.15, 0.2) is 12.5 Å². The summed E-state index contributed by atoms with van der Waals surface area (Å²) < 4.78 is 2.45. The van der Waals surface area contributed by atoms with E-state index in [1.807, 2.05) is 6.33 Å². The van der Waals surface area contributed by atoms with Crippen LogP contribution in [0.5, 0.6) is 0 Å². The van der Waals surface area contributed by atoms with Gasteiger partial charge in [-0.15, -0.1) is 0 Å². The van der Waals surface area contributed by atoms with Gasteiger partial charge in [0, 0.05) is 29.9 Å². The fourth-order valence-corrected chi connectivity index (χ4v) is 3.44. The van der Waals surface area contributed by atoms with E-state index in [9.17, 15) is 0 Å². The lowest BCUT2D eigenvalue weighted by Crippen LogP contribution is -2.39. The number of hydrogen-bond acceptors (Lipinski definition) is 3. The van der Waals surface area contributed by atoms with Crippen LogP contribution in [0.4, 0.5) is 0 Å². The van der Waals surface area contributed by atoms with Crippen LogP contribution >= 0.6 is 0 Å². The molecule has 0 radical (unpaired) electrons. The monoisotopic (exact) mass is 248 g/mol. The average molecular weight is 248 g/mol. The molecule has 0 aromatic carbocycles. The molecule has 0 spiro atoms. The van der Waals surface area contributed by atoms with Crippen molar-refractivity contribution in [2.45, 2.75) is 37.6 Å². The first-order valence-electron chi connectivity index (χ1n) is 7.11. The number of nitrogens with one attached hydrogen (secondary N) is 1. The highest BCUT2D eigenvalue weighted by Gasteiger charge is 2.34. The van der Waals surface area contributed by atoms with Gasteiger partial charge in [0.05, 0.1) is 6.33 Å². The molecule has 2 fully saturated rings. The van der Waals surface area contributed by atoms with Crippen molar-refractivity contribution >= 4 is 0 Å². The summed E-state index contributed by atoms with van der Waals surface area (Å²) >= 11 is 0. The third kappa shape index (κ3) is 2.08.